The molecule has 1 fully saturated rings. The van der Waals surface area contributed by atoms with Crippen LogP contribution in [-0.4, -0.2) is 30.8 Å². The zero-order valence-electron chi connectivity index (χ0n) is 9.72. The molecule has 1 aromatic rings. The highest BCUT2D eigenvalue weighted by atomic mass is 16.5. The molecule has 1 aromatic heterocycles. The van der Waals surface area contributed by atoms with Crippen LogP contribution in [-0.2, 0) is 4.74 Å². The van der Waals surface area contributed by atoms with Gasteiger partial charge in [0.15, 0.2) is 5.82 Å². The average molecular weight is 221 g/mol. The van der Waals surface area contributed by atoms with Crippen molar-refractivity contribution < 1.29 is 4.74 Å². The molecular formula is C12H19N3O. The molecule has 0 radical (unpaired) electrons. The van der Waals surface area contributed by atoms with Crippen LogP contribution in [0.5, 0.6) is 0 Å². The zero-order chi connectivity index (χ0) is 11.4. The molecule has 2 rings (SSSR count). The third kappa shape index (κ3) is 2.27. The van der Waals surface area contributed by atoms with Crippen LogP contribution in [0.3, 0.4) is 0 Å². The lowest BCUT2D eigenvalue weighted by molar-refractivity contribution is 0.134. The average Bonchev–Trinajstić information content (AvgIpc) is 2.75. The molecule has 0 amide bonds. The van der Waals surface area contributed by atoms with Gasteiger partial charge in [-0.3, -0.25) is 0 Å². The monoisotopic (exact) mass is 221 g/mol. The van der Waals surface area contributed by atoms with Crippen LogP contribution in [0.4, 0.5) is 11.5 Å². The van der Waals surface area contributed by atoms with Gasteiger partial charge in [0.2, 0.25) is 0 Å². The normalized spacial score (nSPS) is 20.3. The van der Waals surface area contributed by atoms with Gasteiger partial charge < -0.3 is 15.4 Å². The Bertz CT molecular complexity index is 343. The summed E-state index contributed by atoms with van der Waals surface area (Å²) in [6, 6.07) is 4.20. The molecule has 2 heterocycles. The van der Waals surface area contributed by atoms with Crippen molar-refractivity contribution in [1.29, 1.82) is 0 Å². The quantitative estimate of drug-likeness (QED) is 0.840. The van der Waals surface area contributed by atoms with Crippen LogP contribution < -0.4 is 10.6 Å². The van der Waals surface area contributed by atoms with E-state index in [1.807, 2.05) is 19.1 Å². The lowest BCUT2D eigenvalue weighted by atomic mass is 10.2. The summed E-state index contributed by atoms with van der Waals surface area (Å²) in [6.07, 6.45) is 4.14. The van der Waals surface area contributed by atoms with Crippen LogP contribution in [0, 0.1) is 0 Å². The minimum Gasteiger partial charge on any atom is -0.396 e. The molecule has 0 saturated carbocycles. The number of nitrogens with two attached hydrogens (primary N) is 1. The van der Waals surface area contributed by atoms with Gasteiger partial charge >= 0.3 is 0 Å². The Morgan fingerprint density at radius 2 is 2.50 bits per heavy atom. The van der Waals surface area contributed by atoms with E-state index in [1.54, 1.807) is 6.20 Å². The predicted molar refractivity (Wildman–Crippen MR) is 65.5 cm³/mol. The minimum atomic E-state index is 0.428. The van der Waals surface area contributed by atoms with Crippen LogP contribution in [0.2, 0.25) is 0 Å². The molecule has 1 atom stereocenters. The van der Waals surface area contributed by atoms with Crippen molar-refractivity contribution in [2.24, 2.45) is 0 Å². The maximum absolute atomic E-state index is 5.95. The molecular weight excluding hydrogens is 202 g/mol. The van der Waals surface area contributed by atoms with Crippen molar-refractivity contribution in [1.82, 2.24) is 4.98 Å². The van der Waals surface area contributed by atoms with Crippen LogP contribution in [0.15, 0.2) is 18.3 Å². The number of pyridine rings is 1. The van der Waals surface area contributed by atoms with Gasteiger partial charge in [-0.05, 0) is 31.9 Å². The van der Waals surface area contributed by atoms with Crippen molar-refractivity contribution >= 4 is 11.5 Å². The topological polar surface area (TPSA) is 51.4 Å². The van der Waals surface area contributed by atoms with Gasteiger partial charge in [0.1, 0.15) is 0 Å². The number of nitrogens with zero attached hydrogens (tertiary/aromatic N) is 2. The first-order valence-electron chi connectivity index (χ1n) is 5.87. The number of ether oxygens (including phenoxy) is 1. The number of hydrogen-bond acceptors (Lipinski definition) is 4. The van der Waals surface area contributed by atoms with E-state index in [0.717, 1.165) is 37.7 Å². The Hall–Kier alpha value is -1.29. The fraction of sp³-hybridized carbons (Fsp3) is 0.583. The van der Waals surface area contributed by atoms with Crippen molar-refractivity contribution in [2.45, 2.75) is 25.8 Å². The number of anilines is 2. The van der Waals surface area contributed by atoms with Gasteiger partial charge in [0.05, 0.1) is 18.3 Å². The number of rotatable bonds is 4. The van der Waals surface area contributed by atoms with Gasteiger partial charge in [-0.15, -0.1) is 0 Å². The molecule has 0 aliphatic carbocycles. The second kappa shape index (κ2) is 5.16. The number of nitrogen functional groups attached to an aromatic ring is 1. The summed E-state index contributed by atoms with van der Waals surface area (Å²) < 4.78 is 5.50. The molecule has 4 nitrogen and oxygen atoms in total. The molecule has 2 N–H and O–H groups in total. The molecule has 0 bridgehead atoms. The highest BCUT2D eigenvalue weighted by Gasteiger charge is 2.26. The first kappa shape index (κ1) is 11.2. The molecule has 1 aliphatic heterocycles. The molecule has 0 spiro atoms. The predicted octanol–water partition coefficient (Wildman–Crippen LogP) is 1.67. The fourth-order valence-electron chi connectivity index (χ4n) is 2.19. The maximum Gasteiger partial charge on any atom is 0.152 e. The molecule has 1 unspecified atom stereocenters. The second-order valence-corrected chi connectivity index (χ2v) is 4.07. The van der Waals surface area contributed by atoms with E-state index in [-0.39, 0.29) is 0 Å². The summed E-state index contributed by atoms with van der Waals surface area (Å²) in [7, 11) is 0. The summed E-state index contributed by atoms with van der Waals surface area (Å²) in [6.45, 7) is 4.59. The Labute approximate surface area is 96.4 Å². The first-order valence-corrected chi connectivity index (χ1v) is 5.87. The summed E-state index contributed by atoms with van der Waals surface area (Å²) in [4.78, 5) is 6.63. The Morgan fingerprint density at radius 1 is 1.62 bits per heavy atom. The van der Waals surface area contributed by atoms with E-state index >= 15 is 0 Å². The third-order valence-corrected chi connectivity index (χ3v) is 2.98. The van der Waals surface area contributed by atoms with Crippen molar-refractivity contribution in [3.63, 3.8) is 0 Å². The van der Waals surface area contributed by atoms with Gasteiger partial charge in [0, 0.05) is 19.3 Å². The highest BCUT2D eigenvalue weighted by molar-refractivity contribution is 5.63. The Balaban J connectivity index is 2.10. The van der Waals surface area contributed by atoms with Gasteiger partial charge in [-0.25, -0.2) is 4.98 Å². The summed E-state index contributed by atoms with van der Waals surface area (Å²) in [5.41, 5.74) is 6.70. The van der Waals surface area contributed by atoms with Crippen molar-refractivity contribution in [3.8, 4) is 0 Å². The zero-order valence-corrected chi connectivity index (χ0v) is 9.72. The van der Waals surface area contributed by atoms with Gasteiger partial charge in [0.25, 0.3) is 0 Å². The maximum atomic E-state index is 5.95. The van der Waals surface area contributed by atoms with E-state index in [0.29, 0.717) is 6.04 Å². The van der Waals surface area contributed by atoms with E-state index < -0.39 is 0 Å². The SMILES string of the molecule is CCOCC1CCCN1c1ncccc1N. The lowest BCUT2D eigenvalue weighted by Crippen LogP contribution is -2.34. The molecule has 16 heavy (non-hydrogen) atoms. The molecule has 1 aliphatic rings. The second-order valence-electron chi connectivity index (χ2n) is 4.07. The van der Waals surface area contributed by atoms with E-state index in [4.69, 9.17) is 10.5 Å². The fourth-order valence-corrected chi connectivity index (χ4v) is 2.19. The summed E-state index contributed by atoms with van der Waals surface area (Å²) in [5.74, 6) is 0.907. The smallest absolute Gasteiger partial charge is 0.152 e. The molecule has 88 valence electrons. The van der Waals surface area contributed by atoms with Crippen molar-refractivity contribution in [3.05, 3.63) is 18.3 Å². The standard InChI is InChI=1S/C12H19N3O/c1-2-16-9-10-5-4-8-15(10)12-11(13)6-3-7-14-12/h3,6-7,10H,2,4-5,8-9,13H2,1H3. The Morgan fingerprint density at radius 3 is 3.25 bits per heavy atom. The Kier molecular flexibility index (Phi) is 3.62. The van der Waals surface area contributed by atoms with Crippen LogP contribution >= 0.6 is 0 Å². The molecule has 4 heteroatoms. The third-order valence-electron chi connectivity index (χ3n) is 2.98. The highest BCUT2D eigenvalue weighted by Crippen LogP contribution is 2.27. The van der Waals surface area contributed by atoms with Crippen LogP contribution in [0.25, 0.3) is 0 Å². The summed E-state index contributed by atoms with van der Waals surface area (Å²) >= 11 is 0. The largest absolute Gasteiger partial charge is 0.396 e. The van der Waals surface area contributed by atoms with Crippen molar-refractivity contribution in [2.75, 3.05) is 30.4 Å². The van der Waals surface area contributed by atoms with Gasteiger partial charge in [-0.1, -0.05) is 0 Å². The first-order chi connectivity index (χ1) is 7.83. The van der Waals surface area contributed by atoms with E-state index in [9.17, 15) is 0 Å². The minimum absolute atomic E-state index is 0.428. The van der Waals surface area contributed by atoms with E-state index in [2.05, 4.69) is 9.88 Å². The summed E-state index contributed by atoms with van der Waals surface area (Å²) in [5, 5.41) is 0. The molecule has 1 saturated heterocycles. The number of aromatic nitrogens is 1. The van der Waals surface area contributed by atoms with E-state index in [1.165, 1.54) is 6.42 Å². The van der Waals surface area contributed by atoms with Crippen LogP contribution in [0.1, 0.15) is 19.8 Å². The van der Waals surface area contributed by atoms with Gasteiger partial charge in [-0.2, -0.15) is 0 Å². The lowest BCUT2D eigenvalue weighted by Gasteiger charge is -2.26. The molecule has 0 aromatic carbocycles. The number of hydrogen-bond donors (Lipinski definition) is 1.